The number of aliphatic carboxylic acids is 1. The topological polar surface area (TPSA) is 91.3 Å². The molecule has 6 nitrogen and oxygen atoms in total. The van der Waals surface area contributed by atoms with Crippen molar-refractivity contribution in [2.45, 2.75) is 51.1 Å². The summed E-state index contributed by atoms with van der Waals surface area (Å²) in [4.78, 5) is 27.9. The molecule has 0 unspecified atom stereocenters. The second-order valence-corrected chi connectivity index (χ2v) is 8.16. The zero-order valence-electron chi connectivity index (χ0n) is 13.9. The third kappa shape index (κ3) is 3.42. The molecule has 2 heterocycles. The molecule has 3 N–H and O–H groups in total. The van der Waals surface area contributed by atoms with Crippen LogP contribution < -0.4 is 10.6 Å². The number of amides is 1. The summed E-state index contributed by atoms with van der Waals surface area (Å²) in [6.07, 6.45) is 0.996. The van der Waals surface area contributed by atoms with Crippen molar-refractivity contribution in [3.05, 3.63) is 23.2 Å². The van der Waals surface area contributed by atoms with Crippen LogP contribution in [0.2, 0.25) is 0 Å². The van der Waals surface area contributed by atoms with E-state index in [-0.39, 0.29) is 11.3 Å². The minimum Gasteiger partial charge on any atom is -0.480 e. The number of fused-ring (bicyclic) bond motifs is 1. The van der Waals surface area contributed by atoms with E-state index in [1.54, 1.807) is 11.3 Å². The second-order valence-electron chi connectivity index (χ2n) is 7.13. The molecule has 0 radical (unpaired) electrons. The lowest BCUT2D eigenvalue weighted by Crippen LogP contribution is -2.41. The Balaban J connectivity index is 1.73. The summed E-state index contributed by atoms with van der Waals surface area (Å²) >= 11 is 1.63. The van der Waals surface area contributed by atoms with Gasteiger partial charge in [0.15, 0.2) is 0 Å². The Hall–Kier alpha value is -1.99. The van der Waals surface area contributed by atoms with Gasteiger partial charge in [-0.15, -0.1) is 11.3 Å². The molecule has 2 aromatic rings. The van der Waals surface area contributed by atoms with Crippen molar-refractivity contribution in [1.82, 2.24) is 10.3 Å². The van der Waals surface area contributed by atoms with Crippen LogP contribution >= 0.6 is 11.3 Å². The van der Waals surface area contributed by atoms with Gasteiger partial charge in [-0.3, -0.25) is 14.9 Å². The van der Waals surface area contributed by atoms with E-state index < -0.39 is 18.1 Å². The number of hydrogen-bond donors (Lipinski definition) is 3. The molecule has 1 aromatic carbocycles. The van der Waals surface area contributed by atoms with E-state index in [1.165, 1.54) is 0 Å². The maximum atomic E-state index is 12.3. The van der Waals surface area contributed by atoms with E-state index in [1.807, 2.05) is 18.2 Å². The minimum atomic E-state index is -0.911. The van der Waals surface area contributed by atoms with Crippen LogP contribution in [0.5, 0.6) is 0 Å². The number of benzene rings is 1. The molecule has 2 atom stereocenters. The van der Waals surface area contributed by atoms with Gasteiger partial charge in [0.05, 0.1) is 21.3 Å². The molecule has 0 aliphatic carbocycles. The highest BCUT2D eigenvalue weighted by Gasteiger charge is 2.33. The fourth-order valence-electron chi connectivity index (χ4n) is 2.70. The summed E-state index contributed by atoms with van der Waals surface area (Å²) in [5, 5.41) is 15.8. The van der Waals surface area contributed by atoms with Crippen LogP contribution in [0.1, 0.15) is 38.6 Å². The highest BCUT2D eigenvalue weighted by Crippen LogP contribution is 2.32. The van der Waals surface area contributed by atoms with Crippen molar-refractivity contribution in [1.29, 1.82) is 0 Å². The zero-order chi connectivity index (χ0) is 17.5. The lowest BCUT2D eigenvalue weighted by molar-refractivity contribution is -0.139. The molecule has 1 aliphatic heterocycles. The monoisotopic (exact) mass is 347 g/mol. The molecule has 1 fully saturated rings. The zero-order valence-corrected chi connectivity index (χ0v) is 14.7. The molecule has 0 spiro atoms. The first-order chi connectivity index (χ1) is 11.2. The van der Waals surface area contributed by atoms with E-state index in [9.17, 15) is 9.59 Å². The number of carboxylic acids is 1. The van der Waals surface area contributed by atoms with Crippen molar-refractivity contribution < 1.29 is 14.7 Å². The van der Waals surface area contributed by atoms with Crippen LogP contribution in [0, 0.1) is 0 Å². The Bertz CT molecular complexity index is 794. The quantitative estimate of drug-likeness (QED) is 0.794. The predicted molar refractivity (Wildman–Crippen MR) is 94.5 cm³/mol. The third-order valence-corrected chi connectivity index (χ3v) is 5.50. The van der Waals surface area contributed by atoms with Crippen molar-refractivity contribution in [2.75, 3.05) is 5.32 Å². The van der Waals surface area contributed by atoms with Crippen LogP contribution in [0.15, 0.2) is 18.2 Å². The molecule has 1 aromatic heterocycles. The SMILES string of the molecule is CC(C)(C)c1nc2ccc(NC(=O)[C@@H]3CC[C@H](C(=O)O)N3)cc2s1. The average molecular weight is 347 g/mol. The number of nitrogens with zero attached hydrogens (tertiary/aromatic N) is 1. The number of rotatable bonds is 3. The predicted octanol–water partition coefficient (Wildman–Crippen LogP) is 2.74. The van der Waals surface area contributed by atoms with Crippen molar-refractivity contribution in [3.63, 3.8) is 0 Å². The first-order valence-corrected chi connectivity index (χ1v) is 8.76. The molecule has 1 saturated heterocycles. The standard InChI is InChI=1S/C17H21N3O3S/c1-17(2,3)16-20-10-5-4-9(8-13(10)24-16)18-14(21)11-6-7-12(19-11)15(22)23/h4-5,8,11-12,19H,6-7H2,1-3H3,(H,18,21)(H,22,23)/t11-,12+/m0/s1. The Labute approximate surface area is 144 Å². The van der Waals surface area contributed by atoms with Crippen molar-refractivity contribution in [2.24, 2.45) is 0 Å². The van der Waals surface area contributed by atoms with Crippen LogP contribution in [-0.2, 0) is 15.0 Å². The van der Waals surface area contributed by atoms with Gasteiger partial charge in [0.25, 0.3) is 0 Å². The molecular weight excluding hydrogens is 326 g/mol. The number of thiazole rings is 1. The lowest BCUT2D eigenvalue weighted by Gasteiger charge is -2.13. The molecule has 1 amide bonds. The number of carbonyl (C=O) groups excluding carboxylic acids is 1. The van der Waals surface area contributed by atoms with Gasteiger partial charge < -0.3 is 10.4 Å². The van der Waals surface area contributed by atoms with Crippen LogP contribution in [-0.4, -0.2) is 34.1 Å². The summed E-state index contributed by atoms with van der Waals surface area (Å²) < 4.78 is 1.03. The van der Waals surface area contributed by atoms with Gasteiger partial charge in [-0.1, -0.05) is 20.8 Å². The molecule has 128 valence electrons. The summed E-state index contributed by atoms with van der Waals surface area (Å²) in [5.41, 5.74) is 1.62. The number of carboxylic acid groups (broad SMARTS) is 1. The second kappa shape index (κ2) is 6.14. The van der Waals surface area contributed by atoms with E-state index in [4.69, 9.17) is 5.11 Å². The summed E-state index contributed by atoms with van der Waals surface area (Å²) in [7, 11) is 0. The lowest BCUT2D eigenvalue weighted by atomic mass is 9.98. The van der Waals surface area contributed by atoms with Gasteiger partial charge in [0.1, 0.15) is 6.04 Å². The highest BCUT2D eigenvalue weighted by atomic mass is 32.1. The molecule has 3 rings (SSSR count). The van der Waals surface area contributed by atoms with E-state index in [2.05, 4.69) is 36.4 Å². The fraction of sp³-hybridized carbons (Fsp3) is 0.471. The molecule has 1 aliphatic rings. The molecule has 0 bridgehead atoms. The van der Waals surface area contributed by atoms with Gasteiger partial charge in [-0.2, -0.15) is 0 Å². The van der Waals surface area contributed by atoms with Crippen LogP contribution in [0.25, 0.3) is 10.2 Å². The number of aromatic nitrogens is 1. The number of nitrogens with one attached hydrogen (secondary N) is 2. The van der Waals surface area contributed by atoms with E-state index >= 15 is 0 Å². The molecule has 24 heavy (non-hydrogen) atoms. The van der Waals surface area contributed by atoms with Gasteiger partial charge in [-0.25, -0.2) is 4.98 Å². The largest absolute Gasteiger partial charge is 0.480 e. The molecule has 0 saturated carbocycles. The normalized spacial score (nSPS) is 21.1. The average Bonchev–Trinajstić information content (AvgIpc) is 3.13. The summed E-state index contributed by atoms with van der Waals surface area (Å²) in [6.45, 7) is 6.37. The number of anilines is 1. The molecular formula is C17H21N3O3S. The maximum absolute atomic E-state index is 12.3. The first kappa shape index (κ1) is 16.9. The molecule has 7 heteroatoms. The van der Waals surface area contributed by atoms with Gasteiger partial charge in [-0.05, 0) is 31.0 Å². The van der Waals surface area contributed by atoms with Gasteiger partial charge >= 0.3 is 5.97 Å². The Kier molecular flexibility index (Phi) is 4.31. The van der Waals surface area contributed by atoms with Crippen molar-refractivity contribution in [3.8, 4) is 0 Å². The Morgan fingerprint density at radius 1 is 1.29 bits per heavy atom. The summed E-state index contributed by atoms with van der Waals surface area (Å²) in [5.74, 6) is -1.11. The van der Waals surface area contributed by atoms with Crippen LogP contribution in [0.4, 0.5) is 5.69 Å². The van der Waals surface area contributed by atoms with Gasteiger partial charge in [0.2, 0.25) is 5.91 Å². The Morgan fingerprint density at radius 3 is 2.62 bits per heavy atom. The van der Waals surface area contributed by atoms with E-state index in [0.717, 1.165) is 15.2 Å². The summed E-state index contributed by atoms with van der Waals surface area (Å²) in [6, 6.07) is 4.55. The smallest absolute Gasteiger partial charge is 0.320 e. The number of carbonyl (C=O) groups is 2. The van der Waals surface area contributed by atoms with Crippen molar-refractivity contribution >= 4 is 39.1 Å². The Morgan fingerprint density at radius 2 is 2.00 bits per heavy atom. The maximum Gasteiger partial charge on any atom is 0.320 e. The first-order valence-electron chi connectivity index (χ1n) is 7.95. The minimum absolute atomic E-state index is 0.00723. The van der Waals surface area contributed by atoms with E-state index in [0.29, 0.717) is 18.5 Å². The highest BCUT2D eigenvalue weighted by molar-refractivity contribution is 7.18. The number of hydrogen-bond acceptors (Lipinski definition) is 5. The third-order valence-electron chi connectivity index (χ3n) is 4.06. The van der Waals surface area contributed by atoms with Gasteiger partial charge in [0, 0.05) is 11.1 Å². The fourth-order valence-corrected chi connectivity index (χ4v) is 3.76. The van der Waals surface area contributed by atoms with Crippen LogP contribution in [0.3, 0.4) is 0 Å².